The molecule has 19 heavy (non-hydrogen) atoms. The van der Waals surface area contributed by atoms with E-state index in [1.165, 1.54) is 11.8 Å². The van der Waals surface area contributed by atoms with E-state index in [-0.39, 0.29) is 0 Å². The predicted molar refractivity (Wildman–Crippen MR) is 83.0 cm³/mol. The average molecular weight is 307 g/mol. The summed E-state index contributed by atoms with van der Waals surface area (Å²) in [7, 11) is 0. The summed E-state index contributed by atoms with van der Waals surface area (Å²) in [5.74, 6) is 0. The van der Waals surface area contributed by atoms with Crippen LogP contribution >= 0.6 is 35.1 Å². The summed E-state index contributed by atoms with van der Waals surface area (Å²) >= 11 is 8.94. The van der Waals surface area contributed by atoms with Crippen molar-refractivity contribution >= 4 is 35.1 Å². The first kappa shape index (κ1) is 14.3. The second-order valence-electron chi connectivity index (χ2n) is 3.71. The SMILES string of the molecule is CSc1cc(-c2ccc(Cl)cc2)nc(SC)c1C#N. The minimum absolute atomic E-state index is 0.651. The van der Waals surface area contributed by atoms with Gasteiger partial charge in [0.05, 0.1) is 11.3 Å². The maximum atomic E-state index is 9.23. The number of rotatable bonds is 3. The molecular weight excluding hydrogens is 296 g/mol. The van der Waals surface area contributed by atoms with Gasteiger partial charge in [-0.2, -0.15) is 5.26 Å². The molecule has 0 saturated carbocycles. The number of nitrogens with zero attached hydrogens (tertiary/aromatic N) is 2. The van der Waals surface area contributed by atoms with Crippen LogP contribution in [0.1, 0.15) is 5.56 Å². The summed E-state index contributed by atoms with van der Waals surface area (Å²) < 4.78 is 0. The summed E-state index contributed by atoms with van der Waals surface area (Å²) in [6.07, 6.45) is 3.89. The van der Waals surface area contributed by atoms with Gasteiger partial charge in [0, 0.05) is 15.5 Å². The molecule has 0 bridgehead atoms. The van der Waals surface area contributed by atoms with Crippen molar-refractivity contribution < 1.29 is 0 Å². The van der Waals surface area contributed by atoms with Crippen molar-refractivity contribution in [3.63, 3.8) is 0 Å². The molecule has 2 rings (SSSR count). The van der Waals surface area contributed by atoms with E-state index >= 15 is 0 Å². The van der Waals surface area contributed by atoms with E-state index in [0.717, 1.165) is 21.2 Å². The topological polar surface area (TPSA) is 36.7 Å². The Morgan fingerprint density at radius 2 is 1.84 bits per heavy atom. The Balaban J connectivity index is 2.59. The van der Waals surface area contributed by atoms with Crippen molar-refractivity contribution in [3.8, 4) is 17.3 Å². The monoisotopic (exact) mass is 306 g/mol. The summed E-state index contributed by atoms with van der Waals surface area (Å²) in [5.41, 5.74) is 2.52. The van der Waals surface area contributed by atoms with Crippen molar-refractivity contribution in [1.29, 1.82) is 5.26 Å². The molecule has 0 radical (unpaired) electrons. The first-order valence-corrected chi connectivity index (χ1v) is 8.31. The van der Waals surface area contributed by atoms with Gasteiger partial charge in [-0.15, -0.1) is 23.5 Å². The summed E-state index contributed by atoms with van der Waals surface area (Å²) in [5, 5.41) is 10.7. The van der Waals surface area contributed by atoms with E-state index < -0.39 is 0 Å². The van der Waals surface area contributed by atoms with Crippen LogP contribution in [0.2, 0.25) is 5.02 Å². The highest BCUT2D eigenvalue weighted by molar-refractivity contribution is 7.99. The quantitative estimate of drug-likeness (QED) is 0.769. The van der Waals surface area contributed by atoms with Crippen molar-refractivity contribution in [2.45, 2.75) is 9.92 Å². The van der Waals surface area contributed by atoms with Crippen LogP contribution in [-0.4, -0.2) is 17.5 Å². The lowest BCUT2D eigenvalue weighted by Gasteiger charge is -2.09. The number of pyridine rings is 1. The zero-order valence-corrected chi connectivity index (χ0v) is 12.9. The Bertz CT molecular complexity index is 608. The third kappa shape index (κ3) is 3.06. The summed E-state index contributed by atoms with van der Waals surface area (Å²) in [6, 6.07) is 11.7. The Labute approximate surface area is 126 Å². The number of benzene rings is 1. The molecule has 2 nitrogen and oxygen atoms in total. The highest BCUT2D eigenvalue weighted by Crippen LogP contribution is 2.32. The van der Waals surface area contributed by atoms with Gasteiger partial charge in [0.2, 0.25) is 0 Å². The zero-order chi connectivity index (χ0) is 13.8. The van der Waals surface area contributed by atoms with E-state index in [1.807, 2.05) is 42.8 Å². The van der Waals surface area contributed by atoms with Gasteiger partial charge in [-0.1, -0.05) is 23.7 Å². The van der Waals surface area contributed by atoms with E-state index in [2.05, 4.69) is 11.1 Å². The van der Waals surface area contributed by atoms with Crippen molar-refractivity contribution in [2.24, 2.45) is 0 Å². The molecule has 96 valence electrons. The number of aromatic nitrogens is 1. The van der Waals surface area contributed by atoms with Crippen LogP contribution in [0.25, 0.3) is 11.3 Å². The van der Waals surface area contributed by atoms with Crippen LogP contribution in [0.15, 0.2) is 40.3 Å². The van der Waals surface area contributed by atoms with Gasteiger partial charge in [0.25, 0.3) is 0 Å². The molecule has 0 aliphatic rings. The normalized spacial score (nSPS) is 10.2. The molecule has 0 aliphatic carbocycles. The summed E-state index contributed by atoms with van der Waals surface area (Å²) in [4.78, 5) is 5.51. The molecule has 0 N–H and O–H groups in total. The molecule has 0 atom stereocenters. The molecule has 0 amide bonds. The van der Waals surface area contributed by atoms with E-state index in [9.17, 15) is 5.26 Å². The molecule has 0 aliphatic heterocycles. The van der Waals surface area contributed by atoms with Crippen LogP contribution in [0.5, 0.6) is 0 Å². The molecule has 0 saturated heterocycles. The molecule has 0 spiro atoms. The Hall–Kier alpha value is -1.15. The molecular formula is C14H11ClN2S2. The zero-order valence-electron chi connectivity index (χ0n) is 10.5. The number of hydrogen-bond donors (Lipinski definition) is 0. The van der Waals surface area contributed by atoms with Crippen molar-refractivity contribution in [1.82, 2.24) is 4.98 Å². The number of nitriles is 1. The van der Waals surface area contributed by atoms with Gasteiger partial charge in [-0.05, 0) is 30.7 Å². The Morgan fingerprint density at radius 3 is 2.37 bits per heavy atom. The van der Waals surface area contributed by atoms with Gasteiger partial charge in [-0.25, -0.2) is 4.98 Å². The van der Waals surface area contributed by atoms with Crippen LogP contribution < -0.4 is 0 Å². The molecule has 1 aromatic carbocycles. The Kier molecular flexibility index (Phi) is 4.76. The van der Waals surface area contributed by atoms with Crippen molar-refractivity contribution in [3.05, 3.63) is 40.9 Å². The van der Waals surface area contributed by atoms with E-state index in [4.69, 9.17) is 11.6 Å². The highest BCUT2D eigenvalue weighted by Gasteiger charge is 2.12. The highest BCUT2D eigenvalue weighted by atomic mass is 35.5. The summed E-state index contributed by atoms with van der Waals surface area (Å²) in [6.45, 7) is 0. The molecule has 5 heteroatoms. The molecule has 0 unspecified atom stereocenters. The van der Waals surface area contributed by atoms with Crippen LogP contribution in [0.3, 0.4) is 0 Å². The molecule has 1 aromatic heterocycles. The van der Waals surface area contributed by atoms with Crippen LogP contribution in [-0.2, 0) is 0 Å². The third-order valence-electron chi connectivity index (χ3n) is 2.62. The van der Waals surface area contributed by atoms with Gasteiger partial charge in [0.1, 0.15) is 11.1 Å². The van der Waals surface area contributed by atoms with E-state index in [1.54, 1.807) is 11.8 Å². The molecule has 2 aromatic rings. The second kappa shape index (κ2) is 6.33. The second-order valence-corrected chi connectivity index (χ2v) is 5.79. The van der Waals surface area contributed by atoms with Gasteiger partial charge < -0.3 is 0 Å². The fourth-order valence-corrected chi connectivity index (χ4v) is 3.00. The van der Waals surface area contributed by atoms with Gasteiger partial charge in [-0.3, -0.25) is 0 Å². The lowest BCUT2D eigenvalue weighted by atomic mass is 10.1. The predicted octanol–water partition coefficient (Wildman–Crippen LogP) is 4.72. The van der Waals surface area contributed by atoms with Crippen LogP contribution in [0, 0.1) is 11.3 Å². The maximum absolute atomic E-state index is 9.23. The van der Waals surface area contributed by atoms with Crippen molar-refractivity contribution in [2.75, 3.05) is 12.5 Å². The van der Waals surface area contributed by atoms with Crippen LogP contribution in [0.4, 0.5) is 0 Å². The first-order chi connectivity index (χ1) is 9.19. The molecule has 1 heterocycles. The number of thioether (sulfide) groups is 2. The van der Waals surface area contributed by atoms with Gasteiger partial charge >= 0.3 is 0 Å². The number of hydrogen-bond acceptors (Lipinski definition) is 4. The number of halogens is 1. The van der Waals surface area contributed by atoms with Gasteiger partial charge in [0.15, 0.2) is 0 Å². The largest absolute Gasteiger partial charge is 0.240 e. The fraction of sp³-hybridized carbons (Fsp3) is 0.143. The lowest BCUT2D eigenvalue weighted by molar-refractivity contribution is 1.07. The minimum atomic E-state index is 0.651. The third-order valence-corrected chi connectivity index (χ3v) is 4.31. The lowest BCUT2D eigenvalue weighted by Crippen LogP contribution is -1.93. The smallest absolute Gasteiger partial charge is 0.115 e. The first-order valence-electron chi connectivity index (χ1n) is 5.48. The minimum Gasteiger partial charge on any atom is -0.240 e. The average Bonchev–Trinajstić information content (AvgIpc) is 2.46. The fourth-order valence-electron chi connectivity index (χ4n) is 1.68. The van der Waals surface area contributed by atoms with E-state index in [0.29, 0.717) is 10.6 Å². The Morgan fingerprint density at radius 1 is 1.16 bits per heavy atom. The maximum Gasteiger partial charge on any atom is 0.115 e. The molecule has 0 fully saturated rings. The standard InChI is InChI=1S/C14H11ClN2S2/c1-18-13-7-12(9-3-5-10(15)6-4-9)17-14(19-2)11(13)8-16/h3-7H,1-2H3.